The van der Waals surface area contributed by atoms with Gasteiger partial charge in [0.1, 0.15) is 5.69 Å². The number of aromatic nitrogens is 2. The molecule has 1 aromatic carbocycles. The number of amides is 1. The van der Waals surface area contributed by atoms with Crippen molar-refractivity contribution in [3.8, 4) is 11.3 Å². The van der Waals surface area contributed by atoms with Crippen LogP contribution in [0.1, 0.15) is 18.5 Å². The van der Waals surface area contributed by atoms with Crippen LogP contribution < -0.4 is 0 Å². The Labute approximate surface area is 128 Å². The summed E-state index contributed by atoms with van der Waals surface area (Å²) in [5.74, 6) is -0.397. The van der Waals surface area contributed by atoms with Crippen LogP contribution in [-0.2, 0) is 4.79 Å². The molecule has 0 radical (unpaired) electrons. The Balaban J connectivity index is 2.60. The average molecular weight is 302 g/mol. The van der Waals surface area contributed by atoms with Crippen molar-refractivity contribution >= 4 is 11.7 Å². The van der Waals surface area contributed by atoms with Crippen molar-refractivity contribution in [2.45, 2.75) is 19.9 Å². The topological polar surface area (TPSA) is 81.3 Å². The van der Waals surface area contributed by atoms with E-state index in [2.05, 4.69) is 5.10 Å². The van der Waals surface area contributed by atoms with Gasteiger partial charge in [-0.1, -0.05) is 35.4 Å². The van der Waals surface area contributed by atoms with Crippen LogP contribution in [-0.4, -0.2) is 39.6 Å². The molecule has 0 N–H and O–H groups in total. The third kappa shape index (κ3) is 2.69. The standard InChI is InChI=1S/C15H18N4O3/c1-10-13(12-8-6-5-7-9-12)16-18(14(10)19(21)22)11(2)15(20)17(3)4/h5-9,11H,1-4H3. The van der Waals surface area contributed by atoms with Crippen LogP contribution in [0.5, 0.6) is 0 Å². The Kier molecular flexibility index (Phi) is 4.25. The van der Waals surface area contributed by atoms with Gasteiger partial charge >= 0.3 is 5.82 Å². The third-order valence-electron chi connectivity index (χ3n) is 3.50. The van der Waals surface area contributed by atoms with Gasteiger partial charge < -0.3 is 15.0 Å². The van der Waals surface area contributed by atoms with Crippen molar-refractivity contribution in [2.75, 3.05) is 14.1 Å². The Morgan fingerprint density at radius 2 is 1.91 bits per heavy atom. The molecule has 0 aliphatic rings. The molecular formula is C15H18N4O3. The zero-order chi connectivity index (χ0) is 16.4. The van der Waals surface area contributed by atoms with E-state index >= 15 is 0 Å². The molecule has 1 aromatic heterocycles. The van der Waals surface area contributed by atoms with Gasteiger partial charge in [0.15, 0.2) is 6.04 Å². The quantitative estimate of drug-likeness (QED) is 0.641. The maximum Gasteiger partial charge on any atom is 0.349 e. The molecule has 0 saturated carbocycles. The molecule has 0 aliphatic heterocycles. The second-order valence-electron chi connectivity index (χ2n) is 5.27. The Bertz CT molecular complexity index is 707. The van der Waals surface area contributed by atoms with Gasteiger partial charge in [0, 0.05) is 19.7 Å². The highest BCUT2D eigenvalue weighted by Gasteiger charge is 2.32. The molecule has 2 rings (SSSR count). The first-order valence-electron chi connectivity index (χ1n) is 6.84. The molecule has 0 saturated heterocycles. The number of hydrogen-bond acceptors (Lipinski definition) is 4. The second-order valence-corrected chi connectivity index (χ2v) is 5.27. The molecule has 0 bridgehead atoms. The zero-order valence-corrected chi connectivity index (χ0v) is 13.0. The molecule has 116 valence electrons. The number of likely N-dealkylation sites (N-methyl/N-ethyl adjacent to an activating group) is 1. The maximum absolute atomic E-state index is 12.1. The summed E-state index contributed by atoms with van der Waals surface area (Å²) in [6, 6.07) is 8.47. The number of benzene rings is 1. The van der Waals surface area contributed by atoms with Crippen LogP contribution in [0, 0.1) is 17.0 Å². The highest BCUT2D eigenvalue weighted by Crippen LogP contribution is 2.31. The molecule has 1 amide bonds. The first-order chi connectivity index (χ1) is 10.3. The van der Waals surface area contributed by atoms with Gasteiger partial charge in [-0.3, -0.25) is 4.79 Å². The minimum absolute atomic E-state index is 0.151. The fraction of sp³-hybridized carbons (Fsp3) is 0.333. The minimum Gasteiger partial charge on any atom is -0.358 e. The van der Waals surface area contributed by atoms with Crippen LogP contribution in [0.15, 0.2) is 30.3 Å². The first kappa shape index (κ1) is 15.7. The van der Waals surface area contributed by atoms with Crippen LogP contribution in [0.4, 0.5) is 5.82 Å². The van der Waals surface area contributed by atoms with Crippen LogP contribution >= 0.6 is 0 Å². The maximum atomic E-state index is 12.1. The number of carbonyl (C=O) groups excluding carboxylic acids is 1. The fourth-order valence-corrected chi connectivity index (χ4v) is 2.35. The molecule has 1 unspecified atom stereocenters. The Hall–Kier alpha value is -2.70. The summed E-state index contributed by atoms with van der Waals surface area (Å²) in [4.78, 5) is 24.4. The first-order valence-corrected chi connectivity index (χ1v) is 6.84. The molecule has 0 fully saturated rings. The lowest BCUT2D eigenvalue weighted by Gasteiger charge is -2.14. The zero-order valence-electron chi connectivity index (χ0n) is 13.0. The van der Waals surface area contributed by atoms with Crippen molar-refractivity contribution in [3.05, 3.63) is 46.0 Å². The van der Waals surface area contributed by atoms with E-state index in [1.54, 1.807) is 27.9 Å². The summed E-state index contributed by atoms with van der Waals surface area (Å²) in [5, 5.41) is 15.7. The predicted molar refractivity (Wildman–Crippen MR) is 82.5 cm³/mol. The van der Waals surface area contributed by atoms with Gasteiger partial charge in [0.05, 0.1) is 5.56 Å². The van der Waals surface area contributed by atoms with Crippen molar-refractivity contribution in [1.82, 2.24) is 14.7 Å². The third-order valence-corrected chi connectivity index (χ3v) is 3.50. The van der Waals surface area contributed by atoms with Gasteiger partial charge in [0.25, 0.3) is 5.91 Å². The van der Waals surface area contributed by atoms with Gasteiger partial charge in [-0.25, -0.2) is 0 Å². The van der Waals surface area contributed by atoms with Gasteiger partial charge in [-0.05, 0) is 18.8 Å². The summed E-state index contributed by atoms with van der Waals surface area (Å²) < 4.78 is 1.19. The van der Waals surface area contributed by atoms with E-state index in [4.69, 9.17) is 0 Å². The Morgan fingerprint density at radius 3 is 2.41 bits per heavy atom. The molecule has 2 aromatic rings. The van der Waals surface area contributed by atoms with E-state index < -0.39 is 11.0 Å². The van der Waals surface area contributed by atoms with E-state index in [9.17, 15) is 14.9 Å². The molecule has 0 aliphatic carbocycles. The summed E-state index contributed by atoms with van der Waals surface area (Å²) in [7, 11) is 3.22. The molecule has 1 atom stereocenters. The normalized spacial score (nSPS) is 12.0. The summed E-state index contributed by atoms with van der Waals surface area (Å²) in [5.41, 5.74) is 1.76. The van der Waals surface area contributed by atoms with Crippen LogP contribution in [0.3, 0.4) is 0 Å². The van der Waals surface area contributed by atoms with Gasteiger partial charge in [-0.15, -0.1) is 4.68 Å². The highest BCUT2D eigenvalue weighted by molar-refractivity contribution is 5.80. The van der Waals surface area contributed by atoms with Crippen molar-refractivity contribution < 1.29 is 9.72 Å². The van der Waals surface area contributed by atoms with Gasteiger partial charge in [0.2, 0.25) is 0 Å². The van der Waals surface area contributed by atoms with Crippen LogP contribution in [0.25, 0.3) is 11.3 Å². The van der Waals surface area contributed by atoms with Crippen molar-refractivity contribution in [3.63, 3.8) is 0 Å². The van der Waals surface area contributed by atoms with E-state index in [1.807, 2.05) is 30.3 Å². The van der Waals surface area contributed by atoms with E-state index in [-0.39, 0.29) is 11.7 Å². The summed E-state index contributed by atoms with van der Waals surface area (Å²) >= 11 is 0. The number of hydrogen-bond donors (Lipinski definition) is 0. The number of nitro groups is 1. The molecule has 1 heterocycles. The van der Waals surface area contributed by atoms with Crippen molar-refractivity contribution in [2.24, 2.45) is 0 Å². The SMILES string of the molecule is Cc1c(-c2ccccc2)nn(C(C)C(=O)N(C)C)c1[N+](=O)[O-]. The minimum atomic E-state index is -0.744. The lowest BCUT2D eigenvalue weighted by Crippen LogP contribution is -2.31. The monoisotopic (exact) mass is 302 g/mol. The van der Waals surface area contributed by atoms with E-state index in [0.717, 1.165) is 5.56 Å². The van der Waals surface area contributed by atoms with Crippen molar-refractivity contribution in [1.29, 1.82) is 0 Å². The average Bonchev–Trinajstić information content (AvgIpc) is 2.84. The number of carbonyl (C=O) groups is 1. The second kappa shape index (κ2) is 5.97. The molecule has 7 nitrogen and oxygen atoms in total. The highest BCUT2D eigenvalue weighted by atomic mass is 16.6. The lowest BCUT2D eigenvalue weighted by molar-refractivity contribution is -0.393. The van der Waals surface area contributed by atoms with E-state index in [0.29, 0.717) is 11.3 Å². The lowest BCUT2D eigenvalue weighted by atomic mass is 10.1. The molecule has 7 heteroatoms. The number of nitrogens with zero attached hydrogens (tertiary/aromatic N) is 4. The smallest absolute Gasteiger partial charge is 0.349 e. The summed E-state index contributed by atoms with van der Waals surface area (Å²) in [6.45, 7) is 3.26. The molecular weight excluding hydrogens is 284 g/mol. The van der Waals surface area contributed by atoms with Crippen LogP contribution in [0.2, 0.25) is 0 Å². The van der Waals surface area contributed by atoms with E-state index in [1.165, 1.54) is 9.58 Å². The fourth-order valence-electron chi connectivity index (χ4n) is 2.35. The number of rotatable bonds is 4. The molecule has 22 heavy (non-hydrogen) atoms. The largest absolute Gasteiger partial charge is 0.358 e. The molecule has 0 spiro atoms. The Morgan fingerprint density at radius 1 is 1.32 bits per heavy atom. The summed E-state index contributed by atoms with van der Waals surface area (Å²) in [6.07, 6.45) is 0. The van der Waals surface area contributed by atoms with Gasteiger partial charge in [-0.2, -0.15) is 0 Å². The predicted octanol–water partition coefficient (Wildman–Crippen LogP) is 2.42.